The van der Waals surface area contributed by atoms with E-state index in [0.29, 0.717) is 22.4 Å². The minimum absolute atomic E-state index is 0.104. The number of benzene rings is 1. The number of urea groups is 1. The molecule has 0 fully saturated rings. The molecule has 1 atom stereocenters. The minimum atomic E-state index is -2.59. The maximum atomic E-state index is 12.5. The number of pyridine rings is 1. The molecule has 0 spiro atoms. The lowest BCUT2D eigenvalue weighted by molar-refractivity contribution is 0.259. The average molecular weight is 381 g/mol. The van der Waals surface area contributed by atoms with Gasteiger partial charge in [0.2, 0.25) is 5.88 Å². The first-order chi connectivity index (χ1) is 12.5. The van der Waals surface area contributed by atoms with Crippen LogP contribution in [0.1, 0.15) is 6.92 Å². The van der Waals surface area contributed by atoms with Crippen molar-refractivity contribution >= 4 is 28.8 Å². The van der Waals surface area contributed by atoms with Gasteiger partial charge in [-0.1, -0.05) is 0 Å². The third kappa shape index (κ3) is 4.83. The van der Waals surface area contributed by atoms with Crippen molar-refractivity contribution < 1.29 is 27.8 Å². The van der Waals surface area contributed by atoms with Gasteiger partial charge in [-0.25, -0.2) is 9.00 Å². The second-order valence-corrected chi connectivity index (χ2v) is 5.64. The summed E-state index contributed by atoms with van der Waals surface area (Å²) >= 11 is -2.59. The molecule has 0 saturated carbocycles. The second-order valence-electron chi connectivity index (χ2n) is 4.82. The van der Waals surface area contributed by atoms with Crippen LogP contribution in [0.15, 0.2) is 36.4 Å². The van der Waals surface area contributed by atoms with Gasteiger partial charge in [0.1, 0.15) is 17.3 Å². The molecule has 140 valence electrons. The van der Waals surface area contributed by atoms with Crippen LogP contribution in [0.25, 0.3) is 0 Å². The number of hydrogen-bond donors (Lipinski definition) is 2. The first-order valence-electron chi connectivity index (χ1n) is 7.53. The van der Waals surface area contributed by atoms with Crippen molar-refractivity contribution in [2.45, 2.75) is 6.92 Å². The molecule has 0 saturated heterocycles. The first-order valence-corrected chi connectivity index (χ1v) is 8.59. The van der Waals surface area contributed by atoms with Crippen molar-refractivity contribution in [1.82, 2.24) is 4.98 Å². The quantitative estimate of drug-likeness (QED) is 0.710. The van der Waals surface area contributed by atoms with Crippen molar-refractivity contribution in [3.8, 4) is 17.4 Å². The highest BCUT2D eigenvalue weighted by molar-refractivity contribution is 7.81. The van der Waals surface area contributed by atoms with Gasteiger partial charge in [0, 0.05) is 12.1 Å². The molecular formula is C16H19N3O6S. The van der Waals surface area contributed by atoms with E-state index < -0.39 is 17.3 Å². The maximum absolute atomic E-state index is 12.5. The Hall–Kier alpha value is -2.85. The van der Waals surface area contributed by atoms with Crippen LogP contribution in [-0.4, -0.2) is 40.6 Å². The summed E-state index contributed by atoms with van der Waals surface area (Å²) in [6, 6.07) is 8.33. The van der Waals surface area contributed by atoms with E-state index >= 15 is 0 Å². The number of amides is 2. The zero-order valence-corrected chi connectivity index (χ0v) is 15.3. The fourth-order valence-electron chi connectivity index (χ4n) is 2.05. The van der Waals surface area contributed by atoms with E-state index in [-0.39, 0.29) is 17.4 Å². The molecule has 1 aromatic heterocycles. The summed E-state index contributed by atoms with van der Waals surface area (Å²) in [4.78, 5) is 16.5. The lowest BCUT2D eigenvalue weighted by Gasteiger charge is -2.19. The summed E-state index contributed by atoms with van der Waals surface area (Å²) in [6.07, 6.45) is 0. The lowest BCUT2D eigenvalue weighted by atomic mass is 10.3. The highest BCUT2D eigenvalue weighted by Gasteiger charge is 2.22. The van der Waals surface area contributed by atoms with Gasteiger partial charge in [0.25, 0.3) is 11.3 Å². The zero-order valence-electron chi connectivity index (χ0n) is 14.5. The molecule has 1 unspecified atom stereocenters. The van der Waals surface area contributed by atoms with Crippen molar-refractivity contribution in [2.75, 3.05) is 30.4 Å². The third-order valence-corrected chi connectivity index (χ3v) is 3.87. The Bertz CT molecular complexity index is 762. The van der Waals surface area contributed by atoms with Crippen LogP contribution in [0.5, 0.6) is 17.4 Å². The molecule has 1 heterocycles. The molecule has 0 aliphatic carbocycles. The normalized spacial score (nSPS) is 11.4. The Morgan fingerprint density at radius 1 is 1.19 bits per heavy atom. The summed E-state index contributed by atoms with van der Waals surface area (Å²) in [5, 5.41) is 2.44. The molecule has 2 aromatic rings. The lowest BCUT2D eigenvalue weighted by Crippen LogP contribution is -2.36. The number of methoxy groups -OCH3 is 2. The Kier molecular flexibility index (Phi) is 6.75. The predicted octanol–water partition coefficient (Wildman–Crippen LogP) is 2.67. The number of carbonyl (C=O) groups is 1. The van der Waals surface area contributed by atoms with Gasteiger partial charge in [-0.2, -0.15) is 9.29 Å². The van der Waals surface area contributed by atoms with Crippen LogP contribution in [-0.2, 0) is 11.3 Å². The minimum Gasteiger partial charge on any atom is -0.496 e. The molecule has 10 heteroatoms. The summed E-state index contributed by atoms with van der Waals surface area (Å²) in [7, 11) is 2.87. The Labute approximate surface area is 153 Å². The Balaban J connectivity index is 2.25. The number of nitrogens with zero attached hydrogens (tertiary/aromatic N) is 2. The van der Waals surface area contributed by atoms with Gasteiger partial charge in [-0.3, -0.25) is 9.87 Å². The maximum Gasteiger partial charge on any atom is 0.341 e. The van der Waals surface area contributed by atoms with Crippen molar-refractivity contribution in [1.29, 1.82) is 0 Å². The number of nitrogens with one attached hydrogen (secondary N) is 1. The Morgan fingerprint density at radius 2 is 1.88 bits per heavy atom. The zero-order chi connectivity index (χ0) is 19.1. The van der Waals surface area contributed by atoms with Crippen molar-refractivity contribution in [2.24, 2.45) is 0 Å². The van der Waals surface area contributed by atoms with Crippen molar-refractivity contribution in [3.63, 3.8) is 0 Å². The van der Waals surface area contributed by atoms with E-state index in [4.69, 9.17) is 14.2 Å². The molecule has 9 nitrogen and oxygen atoms in total. The monoisotopic (exact) mass is 381 g/mol. The van der Waals surface area contributed by atoms with Crippen LogP contribution in [0.3, 0.4) is 0 Å². The van der Waals surface area contributed by atoms with Gasteiger partial charge in [-0.15, -0.1) is 0 Å². The molecule has 0 radical (unpaired) electrons. The number of ether oxygens (including phenoxy) is 3. The van der Waals surface area contributed by atoms with Crippen LogP contribution >= 0.6 is 0 Å². The van der Waals surface area contributed by atoms with Gasteiger partial charge < -0.3 is 14.2 Å². The van der Waals surface area contributed by atoms with E-state index in [0.717, 1.165) is 0 Å². The highest BCUT2D eigenvalue weighted by Crippen LogP contribution is 2.24. The molecule has 2 rings (SSSR count). The molecule has 1 aromatic carbocycles. The summed E-state index contributed by atoms with van der Waals surface area (Å²) < 4.78 is 37.3. The van der Waals surface area contributed by atoms with E-state index in [1.807, 2.05) is 6.92 Å². The van der Waals surface area contributed by atoms with E-state index in [9.17, 15) is 13.6 Å². The standard InChI is InChI=1S/C16H19N3O6S/c1-4-25-12-7-5-11(6-8-12)19(26(21)22)16(20)18-14-9-13(23-2)10-15(17-14)24-3/h5-10H,4H2,1-3H3,(H,21,22)(H,17,18,20). The second kappa shape index (κ2) is 9.02. The Morgan fingerprint density at radius 3 is 2.42 bits per heavy atom. The predicted molar refractivity (Wildman–Crippen MR) is 97.2 cm³/mol. The summed E-state index contributed by atoms with van der Waals surface area (Å²) in [6.45, 7) is 2.32. The topological polar surface area (TPSA) is 110 Å². The number of carbonyl (C=O) groups excluding carboxylic acids is 1. The van der Waals surface area contributed by atoms with E-state index in [1.165, 1.54) is 38.5 Å². The fourth-order valence-corrected chi connectivity index (χ4v) is 2.54. The van der Waals surface area contributed by atoms with E-state index in [2.05, 4.69) is 10.3 Å². The van der Waals surface area contributed by atoms with E-state index in [1.54, 1.807) is 12.1 Å². The molecule has 0 aliphatic rings. The fraction of sp³-hybridized carbons (Fsp3) is 0.250. The van der Waals surface area contributed by atoms with Crippen LogP contribution in [0.4, 0.5) is 16.3 Å². The average Bonchev–Trinajstić information content (AvgIpc) is 2.62. The van der Waals surface area contributed by atoms with Gasteiger partial charge >= 0.3 is 6.03 Å². The highest BCUT2D eigenvalue weighted by atomic mass is 32.2. The molecule has 0 aliphatic heterocycles. The molecule has 2 N–H and O–H groups in total. The number of hydrogen-bond acceptors (Lipinski definition) is 6. The first kappa shape index (κ1) is 19.5. The summed E-state index contributed by atoms with van der Waals surface area (Å²) in [5.41, 5.74) is 0.210. The number of aromatic nitrogens is 1. The number of anilines is 2. The van der Waals surface area contributed by atoms with Gasteiger partial charge in [0.15, 0.2) is 0 Å². The van der Waals surface area contributed by atoms with Crippen molar-refractivity contribution in [3.05, 3.63) is 36.4 Å². The molecular weight excluding hydrogens is 362 g/mol. The molecule has 0 bridgehead atoms. The smallest absolute Gasteiger partial charge is 0.341 e. The van der Waals surface area contributed by atoms with Gasteiger partial charge in [0.05, 0.1) is 26.5 Å². The third-order valence-electron chi connectivity index (χ3n) is 3.18. The number of rotatable bonds is 7. The summed E-state index contributed by atoms with van der Waals surface area (Å²) in [5.74, 6) is 1.31. The SMILES string of the molecule is CCOc1ccc(N(C(=O)Nc2cc(OC)cc(OC)n2)S(=O)O)cc1. The van der Waals surface area contributed by atoms with Crippen LogP contribution < -0.4 is 23.8 Å². The van der Waals surface area contributed by atoms with Crippen LogP contribution in [0, 0.1) is 0 Å². The molecule has 2 amide bonds. The molecule has 26 heavy (non-hydrogen) atoms. The van der Waals surface area contributed by atoms with Crippen LogP contribution in [0.2, 0.25) is 0 Å². The van der Waals surface area contributed by atoms with Gasteiger partial charge in [-0.05, 0) is 31.2 Å². The largest absolute Gasteiger partial charge is 0.496 e.